The molecule has 4 rings (SSSR count). The van der Waals surface area contributed by atoms with Gasteiger partial charge in [-0.25, -0.2) is 9.61 Å². The highest BCUT2D eigenvalue weighted by atomic mass is 19.4. The zero-order valence-electron chi connectivity index (χ0n) is 14.4. The minimum atomic E-state index is -4.36. The lowest BCUT2D eigenvalue weighted by Gasteiger charge is -2.34. The van der Waals surface area contributed by atoms with Gasteiger partial charge in [-0.15, -0.1) is 0 Å². The number of pyridine rings is 1. The first kappa shape index (κ1) is 17.7. The second-order valence-corrected chi connectivity index (χ2v) is 6.66. The number of benzene rings is 1. The second-order valence-electron chi connectivity index (χ2n) is 6.66. The van der Waals surface area contributed by atoms with E-state index in [0.29, 0.717) is 24.4 Å². The lowest BCUT2D eigenvalue weighted by molar-refractivity contribution is -0.137. The zero-order valence-corrected chi connectivity index (χ0v) is 14.4. The number of nitrogens with zero attached hydrogens (tertiary/aromatic N) is 4. The van der Waals surface area contributed by atoms with Crippen LogP contribution in [0.25, 0.3) is 11.0 Å². The number of anilines is 1. The molecule has 1 atom stereocenters. The van der Waals surface area contributed by atoms with Crippen LogP contribution in [0.1, 0.15) is 24.0 Å². The number of halogens is 3. The monoisotopic (exact) mass is 377 g/mol. The fraction of sp³-hybridized carbons (Fsp3) is 0.389. The molecular weight excluding hydrogens is 359 g/mol. The zero-order chi connectivity index (χ0) is 18.9. The Balaban J connectivity index is 1.37. The Hall–Kier alpha value is -2.68. The Kier molecular flexibility index (Phi) is 4.69. The molecule has 0 saturated carbocycles. The van der Waals surface area contributed by atoms with Gasteiger partial charge < -0.3 is 10.2 Å². The van der Waals surface area contributed by atoms with E-state index in [1.165, 1.54) is 6.07 Å². The third kappa shape index (κ3) is 4.02. The summed E-state index contributed by atoms with van der Waals surface area (Å²) in [4.78, 5) is 6.02. The van der Waals surface area contributed by atoms with E-state index in [-0.39, 0.29) is 6.04 Å². The molecule has 3 aromatic rings. The van der Waals surface area contributed by atoms with Crippen molar-refractivity contribution in [3.8, 4) is 0 Å². The Morgan fingerprint density at radius 3 is 2.78 bits per heavy atom. The Morgan fingerprint density at radius 1 is 1.15 bits per heavy atom. The molecule has 27 heavy (non-hydrogen) atoms. The first-order valence-corrected chi connectivity index (χ1v) is 8.72. The fourth-order valence-electron chi connectivity index (χ4n) is 3.29. The van der Waals surface area contributed by atoms with Crippen molar-refractivity contribution in [3.63, 3.8) is 0 Å². The van der Waals surface area contributed by atoms with Crippen LogP contribution < -0.4 is 10.2 Å². The first-order valence-electron chi connectivity index (χ1n) is 8.72. The van der Waals surface area contributed by atoms with Crippen LogP contribution in [0.15, 0.2) is 41.2 Å². The number of hydrogen-bond acceptors (Lipinski definition) is 6. The van der Waals surface area contributed by atoms with Gasteiger partial charge in [0.1, 0.15) is 16.9 Å². The summed E-state index contributed by atoms with van der Waals surface area (Å²) >= 11 is 0. The van der Waals surface area contributed by atoms with Crippen LogP contribution in [-0.2, 0) is 12.7 Å². The number of fused-ring (bicyclic) bond motifs is 1. The highest BCUT2D eigenvalue weighted by Gasteiger charge is 2.31. The molecule has 0 aliphatic carbocycles. The lowest BCUT2D eigenvalue weighted by atomic mass is 10.0. The molecule has 1 fully saturated rings. The van der Waals surface area contributed by atoms with Crippen LogP contribution in [0.4, 0.5) is 19.0 Å². The number of rotatable bonds is 4. The maximum atomic E-state index is 12.7. The van der Waals surface area contributed by atoms with Gasteiger partial charge in [0, 0.05) is 31.9 Å². The summed E-state index contributed by atoms with van der Waals surface area (Å²) in [5, 5.41) is 11.1. The van der Waals surface area contributed by atoms with Crippen molar-refractivity contribution in [2.24, 2.45) is 0 Å². The first-order chi connectivity index (χ1) is 13.0. The Bertz CT molecular complexity index is 909. The smallest absolute Gasteiger partial charge is 0.355 e. The van der Waals surface area contributed by atoms with Crippen molar-refractivity contribution in [1.29, 1.82) is 0 Å². The summed E-state index contributed by atoms with van der Waals surface area (Å²) in [5.74, 6) is 0.574. The Labute approximate surface area is 153 Å². The molecule has 0 amide bonds. The average molecular weight is 377 g/mol. The van der Waals surface area contributed by atoms with Gasteiger partial charge >= 0.3 is 6.18 Å². The van der Waals surface area contributed by atoms with Crippen LogP contribution in [0.3, 0.4) is 0 Å². The Morgan fingerprint density at radius 2 is 2.00 bits per heavy atom. The van der Waals surface area contributed by atoms with Gasteiger partial charge in [-0.05, 0) is 53.0 Å². The summed E-state index contributed by atoms with van der Waals surface area (Å²) in [6.07, 6.45) is -1.51. The maximum absolute atomic E-state index is 12.7. The van der Waals surface area contributed by atoms with Gasteiger partial charge in [-0.3, -0.25) is 0 Å². The van der Waals surface area contributed by atoms with E-state index in [2.05, 4.69) is 20.6 Å². The highest BCUT2D eigenvalue weighted by Crippen LogP contribution is 2.29. The van der Waals surface area contributed by atoms with Crippen LogP contribution in [0.5, 0.6) is 0 Å². The quantitative estimate of drug-likeness (QED) is 0.752. The summed E-state index contributed by atoms with van der Waals surface area (Å²) in [7, 11) is 0. The SMILES string of the molecule is FC(F)(F)c1ccc(N2CCCC(NCc3ccc4nonc4c3)C2)nc1. The number of nitrogens with one attached hydrogen (secondary N) is 1. The molecule has 6 nitrogen and oxygen atoms in total. The van der Waals surface area contributed by atoms with Crippen molar-refractivity contribution in [2.45, 2.75) is 31.6 Å². The molecule has 142 valence electrons. The number of hydrogen-bond donors (Lipinski definition) is 1. The average Bonchev–Trinajstić information content (AvgIpc) is 3.14. The highest BCUT2D eigenvalue weighted by molar-refractivity contribution is 5.73. The molecule has 3 heterocycles. The molecule has 1 aliphatic heterocycles. The molecule has 1 saturated heterocycles. The normalized spacial score (nSPS) is 18.2. The standard InChI is InChI=1S/C18H18F3N5O/c19-18(20,21)13-4-6-17(23-10-13)26-7-1-2-14(11-26)22-9-12-3-5-15-16(8-12)25-27-24-15/h3-6,8,10,14,22H,1-2,7,9,11H2. The van der Waals surface area contributed by atoms with Gasteiger partial charge in [0.05, 0.1) is 5.56 Å². The minimum Gasteiger partial charge on any atom is -0.355 e. The van der Waals surface area contributed by atoms with E-state index >= 15 is 0 Å². The summed E-state index contributed by atoms with van der Waals surface area (Å²) in [6, 6.07) is 8.52. The van der Waals surface area contributed by atoms with Crippen molar-refractivity contribution < 1.29 is 17.8 Å². The molecule has 1 aromatic carbocycles. The van der Waals surface area contributed by atoms with E-state index in [9.17, 15) is 13.2 Å². The van der Waals surface area contributed by atoms with Crippen LogP contribution in [-0.4, -0.2) is 34.4 Å². The van der Waals surface area contributed by atoms with Crippen LogP contribution in [0.2, 0.25) is 0 Å². The largest absolute Gasteiger partial charge is 0.417 e. The fourth-order valence-corrected chi connectivity index (χ4v) is 3.29. The topological polar surface area (TPSA) is 67.1 Å². The summed E-state index contributed by atoms with van der Waals surface area (Å²) < 4.78 is 42.8. The van der Waals surface area contributed by atoms with Gasteiger partial charge in [0.2, 0.25) is 0 Å². The molecule has 1 unspecified atom stereocenters. The molecule has 1 N–H and O–H groups in total. The van der Waals surface area contributed by atoms with E-state index in [0.717, 1.165) is 42.7 Å². The van der Waals surface area contributed by atoms with Gasteiger partial charge in [0.25, 0.3) is 0 Å². The van der Waals surface area contributed by atoms with Crippen molar-refractivity contribution in [2.75, 3.05) is 18.0 Å². The minimum absolute atomic E-state index is 0.231. The van der Waals surface area contributed by atoms with E-state index < -0.39 is 11.7 Å². The van der Waals surface area contributed by atoms with Gasteiger partial charge in [-0.1, -0.05) is 6.07 Å². The van der Waals surface area contributed by atoms with Crippen molar-refractivity contribution >= 4 is 16.9 Å². The third-order valence-corrected chi connectivity index (χ3v) is 4.73. The van der Waals surface area contributed by atoms with Crippen LogP contribution in [0, 0.1) is 0 Å². The van der Waals surface area contributed by atoms with E-state index in [1.807, 2.05) is 23.1 Å². The molecule has 0 spiro atoms. The number of aromatic nitrogens is 3. The van der Waals surface area contributed by atoms with E-state index in [1.54, 1.807) is 0 Å². The molecule has 1 aliphatic rings. The lowest BCUT2D eigenvalue weighted by Crippen LogP contribution is -2.45. The number of alkyl halides is 3. The molecular formula is C18H18F3N5O. The predicted molar refractivity (Wildman–Crippen MR) is 93.1 cm³/mol. The third-order valence-electron chi connectivity index (χ3n) is 4.73. The molecule has 0 radical (unpaired) electrons. The van der Waals surface area contributed by atoms with E-state index in [4.69, 9.17) is 4.63 Å². The van der Waals surface area contributed by atoms with Crippen molar-refractivity contribution in [1.82, 2.24) is 20.6 Å². The maximum Gasteiger partial charge on any atom is 0.417 e. The predicted octanol–water partition coefficient (Wildman–Crippen LogP) is 3.40. The summed E-state index contributed by atoms with van der Waals surface area (Å²) in [5.41, 5.74) is 1.78. The second kappa shape index (κ2) is 7.15. The number of piperidine rings is 1. The molecule has 9 heteroatoms. The molecule has 2 aromatic heterocycles. The van der Waals surface area contributed by atoms with Gasteiger partial charge in [-0.2, -0.15) is 13.2 Å². The van der Waals surface area contributed by atoms with Crippen molar-refractivity contribution in [3.05, 3.63) is 47.7 Å². The summed E-state index contributed by atoms with van der Waals surface area (Å²) in [6.45, 7) is 2.15. The molecule has 0 bridgehead atoms. The van der Waals surface area contributed by atoms with Crippen LogP contribution >= 0.6 is 0 Å². The van der Waals surface area contributed by atoms with Gasteiger partial charge in [0.15, 0.2) is 0 Å².